The summed E-state index contributed by atoms with van der Waals surface area (Å²) in [6.45, 7) is 6.38. The Morgan fingerprint density at radius 2 is 0.754 bits per heavy atom. The van der Waals surface area contributed by atoms with E-state index in [9.17, 15) is 14.4 Å². The van der Waals surface area contributed by atoms with E-state index in [4.69, 9.17) is 14.2 Å². The Morgan fingerprint density at radius 3 is 1.30 bits per heavy atom. The average molecular weight is 795 g/mol. The predicted octanol–water partition coefficient (Wildman–Crippen LogP) is 15.1. The van der Waals surface area contributed by atoms with Gasteiger partial charge in [0.15, 0.2) is 6.10 Å². The highest BCUT2D eigenvalue weighted by atomic mass is 16.6. The summed E-state index contributed by atoms with van der Waals surface area (Å²) in [4.78, 5) is 37.7. The molecule has 6 nitrogen and oxygen atoms in total. The lowest BCUT2D eigenvalue weighted by molar-refractivity contribution is -0.167. The molecule has 6 heteroatoms. The molecular weight excluding hydrogens is 709 g/mol. The number of hydrogen-bond donors (Lipinski definition) is 0. The lowest BCUT2D eigenvalue weighted by Crippen LogP contribution is -2.30. The fourth-order valence-electron chi connectivity index (χ4n) is 6.13. The number of rotatable bonds is 41. The lowest BCUT2D eigenvalue weighted by atomic mass is 10.1. The van der Waals surface area contributed by atoms with Crippen LogP contribution in [0.2, 0.25) is 0 Å². The van der Waals surface area contributed by atoms with Crippen molar-refractivity contribution in [2.75, 3.05) is 13.2 Å². The molecule has 0 aliphatic carbocycles. The first-order valence-corrected chi connectivity index (χ1v) is 23.5. The monoisotopic (exact) mass is 795 g/mol. The molecule has 0 aromatic heterocycles. The normalized spacial score (nSPS) is 12.7. The standard InChI is InChI=1S/C51H86O6/c1-4-7-10-13-16-19-22-24-25-26-27-30-32-35-38-41-44-50(53)56-47-48(46-55-49(52)43-40-37-34-31-28-21-18-15-12-9-6-3)57-51(54)45-42-39-36-33-29-23-20-17-14-11-8-5-2/h8,11,15,17-18,20-21,25-26,28-29,33,48H,4-7,9-10,12-14,16,19,22-24,27,30-32,34-47H2,1-3H3/b11-8-,18-15-,20-17-,26-25-,28-21-,33-29-. The van der Waals surface area contributed by atoms with Crippen LogP contribution < -0.4 is 0 Å². The largest absolute Gasteiger partial charge is 0.462 e. The Bertz CT molecular complexity index is 1100. The fraction of sp³-hybridized carbons (Fsp3) is 0.706. The molecular formula is C51H86O6. The van der Waals surface area contributed by atoms with E-state index in [2.05, 4.69) is 93.7 Å². The van der Waals surface area contributed by atoms with E-state index in [0.29, 0.717) is 19.3 Å². The van der Waals surface area contributed by atoms with Crippen molar-refractivity contribution in [2.24, 2.45) is 0 Å². The highest BCUT2D eigenvalue weighted by Gasteiger charge is 2.19. The summed E-state index contributed by atoms with van der Waals surface area (Å²) in [6, 6.07) is 0. The molecule has 0 bridgehead atoms. The first-order chi connectivity index (χ1) is 28.0. The number of ether oxygens (including phenoxy) is 3. The second-order valence-corrected chi connectivity index (χ2v) is 15.3. The third-order valence-electron chi connectivity index (χ3n) is 9.69. The van der Waals surface area contributed by atoms with Gasteiger partial charge in [-0.1, -0.05) is 171 Å². The van der Waals surface area contributed by atoms with Crippen molar-refractivity contribution in [3.8, 4) is 0 Å². The molecule has 0 aromatic carbocycles. The van der Waals surface area contributed by atoms with Crippen molar-refractivity contribution in [2.45, 2.75) is 219 Å². The summed E-state index contributed by atoms with van der Waals surface area (Å²) in [7, 11) is 0. The van der Waals surface area contributed by atoms with E-state index in [-0.39, 0.29) is 37.5 Å². The van der Waals surface area contributed by atoms with Crippen LogP contribution in [0.4, 0.5) is 0 Å². The number of carbonyl (C=O) groups excluding carboxylic acids is 3. The van der Waals surface area contributed by atoms with E-state index in [0.717, 1.165) is 89.9 Å². The Hall–Kier alpha value is -3.15. The van der Waals surface area contributed by atoms with Crippen LogP contribution in [-0.2, 0) is 28.6 Å². The van der Waals surface area contributed by atoms with Crippen molar-refractivity contribution in [1.29, 1.82) is 0 Å². The molecule has 0 heterocycles. The molecule has 0 aliphatic rings. The van der Waals surface area contributed by atoms with Crippen LogP contribution in [0.5, 0.6) is 0 Å². The third kappa shape index (κ3) is 43.8. The first-order valence-electron chi connectivity index (χ1n) is 23.5. The highest BCUT2D eigenvalue weighted by Crippen LogP contribution is 2.12. The van der Waals surface area contributed by atoms with Crippen molar-refractivity contribution in [3.63, 3.8) is 0 Å². The van der Waals surface area contributed by atoms with Gasteiger partial charge in [0.05, 0.1) is 0 Å². The Morgan fingerprint density at radius 1 is 0.386 bits per heavy atom. The van der Waals surface area contributed by atoms with E-state index in [1.807, 2.05) is 0 Å². The quantitative estimate of drug-likeness (QED) is 0.0202. The topological polar surface area (TPSA) is 78.9 Å². The van der Waals surface area contributed by atoms with Gasteiger partial charge in [-0.25, -0.2) is 0 Å². The molecule has 0 rings (SSSR count). The maximum atomic E-state index is 12.7. The second-order valence-electron chi connectivity index (χ2n) is 15.3. The molecule has 57 heavy (non-hydrogen) atoms. The maximum Gasteiger partial charge on any atom is 0.306 e. The minimum atomic E-state index is -0.807. The van der Waals surface area contributed by atoms with Crippen LogP contribution in [-0.4, -0.2) is 37.2 Å². The van der Waals surface area contributed by atoms with Gasteiger partial charge in [-0.15, -0.1) is 0 Å². The molecule has 0 radical (unpaired) electrons. The Balaban J connectivity index is 4.45. The predicted molar refractivity (Wildman–Crippen MR) is 242 cm³/mol. The summed E-state index contributed by atoms with van der Waals surface area (Å²) in [5.74, 6) is -0.986. The van der Waals surface area contributed by atoms with Gasteiger partial charge in [0, 0.05) is 19.3 Å². The van der Waals surface area contributed by atoms with Crippen LogP contribution >= 0.6 is 0 Å². The molecule has 0 aromatic rings. The summed E-state index contributed by atoms with van der Waals surface area (Å²) < 4.78 is 16.6. The highest BCUT2D eigenvalue weighted by molar-refractivity contribution is 5.71. The molecule has 0 saturated carbocycles. The Labute approximate surface area is 351 Å². The molecule has 0 amide bonds. The van der Waals surface area contributed by atoms with Crippen LogP contribution in [0.15, 0.2) is 72.9 Å². The zero-order valence-electron chi connectivity index (χ0n) is 37.1. The van der Waals surface area contributed by atoms with Gasteiger partial charge in [0.1, 0.15) is 13.2 Å². The van der Waals surface area contributed by atoms with Crippen LogP contribution in [0.3, 0.4) is 0 Å². The van der Waals surface area contributed by atoms with Gasteiger partial charge in [-0.3, -0.25) is 14.4 Å². The SMILES string of the molecule is CC/C=C\C/C=C\C/C=C\CCCCC(=O)OC(COC(=O)CCCCC/C=C\C=C/CCCC)COC(=O)CCCCCCC/C=C\CCCCCCCCC. The van der Waals surface area contributed by atoms with Crippen molar-refractivity contribution >= 4 is 17.9 Å². The number of unbranched alkanes of at least 4 members (excludes halogenated alkanes) is 19. The lowest BCUT2D eigenvalue weighted by Gasteiger charge is -2.18. The molecule has 0 spiro atoms. The molecule has 0 N–H and O–H groups in total. The zero-order chi connectivity index (χ0) is 41.5. The Kier molecular flexibility index (Phi) is 43.0. The summed E-state index contributed by atoms with van der Waals surface area (Å²) in [6.07, 6.45) is 56.1. The van der Waals surface area contributed by atoms with Gasteiger partial charge in [-0.2, -0.15) is 0 Å². The van der Waals surface area contributed by atoms with Gasteiger partial charge in [-0.05, 0) is 96.3 Å². The molecule has 0 saturated heterocycles. The average Bonchev–Trinajstić information content (AvgIpc) is 3.21. The number of allylic oxidation sites excluding steroid dienone is 12. The number of esters is 3. The fourth-order valence-corrected chi connectivity index (χ4v) is 6.13. The molecule has 1 atom stereocenters. The summed E-state index contributed by atoms with van der Waals surface area (Å²) >= 11 is 0. The number of hydrogen-bond acceptors (Lipinski definition) is 6. The first kappa shape index (κ1) is 53.9. The van der Waals surface area contributed by atoms with Crippen molar-refractivity contribution in [3.05, 3.63) is 72.9 Å². The van der Waals surface area contributed by atoms with E-state index in [1.54, 1.807) is 0 Å². The number of carbonyl (C=O) groups is 3. The smallest absolute Gasteiger partial charge is 0.306 e. The van der Waals surface area contributed by atoms with E-state index < -0.39 is 6.10 Å². The van der Waals surface area contributed by atoms with Crippen LogP contribution in [0, 0.1) is 0 Å². The zero-order valence-corrected chi connectivity index (χ0v) is 37.1. The maximum absolute atomic E-state index is 12.7. The minimum absolute atomic E-state index is 0.104. The van der Waals surface area contributed by atoms with Gasteiger partial charge >= 0.3 is 17.9 Å². The van der Waals surface area contributed by atoms with Crippen LogP contribution in [0.25, 0.3) is 0 Å². The molecule has 326 valence electrons. The third-order valence-corrected chi connectivity index (χ3v) is 9.69. The van der Waals surface area contributed by atoms with Gasteiger partial charge in [0.25, 0.3) is 0 Å². The molecule has 0 aliphatic heterocycles. The van der Waals surface area contributed by atoms with Gasteiger partial charge < -0.3 is 14.2 Å². The van der Waals surface area contributed by atoms with Crippen LogP contribution in [0.1, 0.15) is 213 Å². The van der Waals surface area contributed by atoms with Gasteiger partial charge in [0.2, 0.25) is 0 Å². The molecule has 0 fully saturated rings. The van der Waals surface area contributed by atoms with E-state index >= 15 is 0 Å². The molecule has 1 unspecified atom stereocenters. The summed E-state index contributed by atoms with van der Waals surface area (Å²) in [5, 5.41) is 0. The van der Waals surface area contributed by atoms with Crippen molar-refractivity contribution < 1.29 is 28.6 Å². The summed E-state index contributed by atoms with van der Waals surface area (Å²) in [5.41, 5.74) is 0. The van der Waals surface area contributed by atoms with E-state index in [1.165, 1.54) is 77.0 Å². The van der Waals surface area contributed by atoms with Crippen molar-refractivity contribution in [1.82, 2.24) is 0 Å². The second kappa shape index (κ2) is 45.6. The minimum Gasteiger partial charge on any atom is -0.462 e.